The van der Waals surface area contributed by atoms with E-state index in [2.05, 4.69) is 16.2 Å². The molecule has 1 saturated heterocycles. The van der Waals surface area contributed by atoms with Crippen LogP contribution in [0.5, 0.6) is 5.75 Å². The topological polar surface area (TPSA) is 77.7 Å². The first-order chi connectivity index (χ1) is 15.1. The maximum atomic E-state index is 12.8. The number of thiophene rings is 1. The van der Waals surface area contributed by atoms with E-state index in [4.69, 9.17) is 14.0 Å². The van der Waals surface area contributed by atoms with Crippen LogP contribution < -0.4 is 4.74 Å². The molecule has 7 nitrogen and oxygen atoms in total. The molecule has 0 bridgehead atoms. The van der Waals surface area contributed by atoms with Crippen molar-refractivity contribution in [3.8, 4) is 16.3 Å². The van der Waals surface area contributed by atoms with Crippen molar-refractivity contribution in [2.24, 2.45) is 0 Å². The first kappa shape index (κ1) is 20.2. The fourth-order valence-corrected chi connectivity index (χ4v) is 5.62. The normalized spacial score (nSPS) is 17.5. The number of hydrogen-bond acceptors (Lipinski definition) is 7. The third-order valence-corrected chi connectivity index (χ3v) is 7.44. The fourth-order valence-electron chi connectivity index (χ4n) is 4.41. The van der Waals surface area contributed by atoms with Gasteiger partial charge in [-0.05, 0) is 43.0 Å². The van der Waals surface area contributed by atoms with Crippen molar-refractivity contribution in [2.75, 3.05) is 26.8 Å². The highest BCUT2D eigenvalue weighted by Crippen LogP contribution is 2.46. The Labute approximate surface area is 185 Å². The van der Waals surface area contributed by atoms with Gasteiger partial charge in [0.05, 0.1) is 41.8 Å². The molecule has 0 atom stereocenters. The minimum Gasteiger partial charge on any atom is -0.495 e. The third-order valence-electron chi connectivity index (χ3n) is 6.22. The van der Waals surface area contributed by atoms with E-state index in [1.165, 1.54) is 10.4 Å². The lowest BCUT2D eigenvalue weighted by molar-refractivity contribution is -0.0928. The van der Waals surface area contributed by atoms with Gasteiger partial charge in [-0.2, -0.15) is 0 Å². The van der Waals surface area contributed by atoms with E-state index < -0.39 is 0 Å². The molecule has 2 aliphatic rings. The zero-order valence-electron chi connectivity index (χ0n) is 17.7. The predicted octanol–water partition coefficient (Wildman–Crippen LogP) is 4.07. The number of likely N-dealkylation sites (tertiary alicyclic amines) is 1. The first-order valence-corrected chi connectivity index (χ1v) is 11.5. The van der Waals surface area contributed by atoms with Crippen molar-refractivity contribution >= 4 is 17.2 Å². The van der Waals surface area contributed by atoms with Crippen molar-refractivity contribution in [1.82, 2.24) is 15.0 Å². The molecule has 31 heavy (non-hydrogen) atoms. The zero-order chi connectivity index (χ0) is 21.4. The van der Waals surface area contributed by atoms with Crippen molar-refractivity contribution in [3.05, 3.63) is 52.4 Å². The number of ether oxygens (including phenoxy) is 2. The number of nitrogens with zero attached hydrogens (tertiary/aromatic N) is 3. The van der Waals surface area contributed by atoms with Crippen LogP contribution in [-0.2, 0) is 23.2 Å². The zero-order valence-corrected chi connectivity index (χ0v) is 18.5. The number of amides is 1. The Hall–Kier alpha value is -2.71. The van der Waals surface area contributed by atoms with Gasteiger partial charge in [0, 0.05) is 30.5 Å². The molecule has 162 valence electrons. The van der Waals surface area contributed by atoms with Crippen molar-refractivity contribution in [2.45, 2.75) is 38.2 Å². The number of rotatable bonds is 4. The Balaban J connectivity index is 1.35. The number of aryl methyl sites for hydroxylation is 1. The van der Waals surface area contributed by atoms with Crippen molar-refractivity contribution < 1.29 is 18.8 Å². The van der Waals surface area contributed by atoms with Gasteiger partial charge in [-0.15, -0.1) is 11.3 Å². The third kappa shape index (κ3) is 3.64. The minimum absolute atomic E-state index is 0.0912. The van der Waals surface area contributed by atoms with E-state index in [1.807, 2.05) is 24.0 Å². The highest BCUT2D eigenvalue weighted by atomic mass is 32.1. The number of carbonyl (C=O) groups excluding carboxylic acids is 1. The Bertz CT molecular complexity index is 1080. The molecule has 8 heteroatoms. The summed E-state index contributed by atoms with van der Waals surface area (Å²) in [5, 5.41) is 3.95. The molecule has 5 rings (SSSR count). The van der Waals surface area contributed by atoms with Gasteiger partial charge in [-0.1, -0.05) is 12.1 Å². The lowest BCUT2D eigenvalue weighted by Crippen LogP contribution is -2.48. The summed E-state index contributed by atoms with van der Waals surface area (Å²) < 4.78 is 16.8. The molecule has 0 unspecified atom stereocenters. The van der Waals surface area contributed by atoms with Crippen LogP contribution in [0.3, 0.4) is 0 Å². The average molecular weight is 440 g/mol. The highest BCUT2D eigenvalue weighted by Gasteiger charge is 2.43. The Morgan fingerprint density at radius 2 is 2.13 bits per heavy atom. The summed E-state index contributed by atoms with van der Waals surface area (Å²) in [6.07, 6.45) is 4.95. The van der Waals surface area contributed by atoms with E-state index >= 15 is 0 Å². The SMILES string of the molecule is CCc1cc(C(=O)N2CCC3(CC2)OCCc2sc(-c4ccc(OC)cn4)cc23)on1. The van der Waals surface area contributed by atoms with Gasteiger partial charge in [-0.3, -0.25) is 9.78 Å². The smallest absolute Gasteiger partial charge is 0.292 e. The Morgan fingerprint density at radius 1 is 1.29 bits per heavy atom. The molecular weight excluding hydrogens is 414 g/mol. The molecular formula is C23H25N3O4S. The first-order valence-electron chi connectivity index (χ1n) is 10.6. The molecule has 3 aromatic heterocycles. The number of hydrogen-bond donors (Lipinski definition) is 0. The van der Waals surface area contributed by atoms with Crippen LogP contribution in [0.4, 0.5) is 0 Å². The molecule has 0 aromatic carbocycles. The van der Waals surface area contributed by atoms with Gasteiger partial charge in [0.15, 0.2) is 0 Å². The van der Waals surface area contributed by atoms with Crippen molar-refractivity contribution in [3.63, 3.8) is 0 Å². The van der Waals surface area contributed by atoms with Crippen molar-refractivity contribution in [1.29, 1.82) is 0 Å². The molecule has 0 aliphatic carbocycles. The van der Waals surface area contributed by atoms with Gasteiger partial charge in [0.2, 0.25) is 5.76 Å². The number of methoxy groups -OCH3 is 1. The molecule has 0 radical (unpaired) electrons. The van der Waals surface area contributed by atoms with E-state index in [1.54, 1.807) is 30.7 Å². The van der Waals surface area contributed by atoms with E-state index in [0.717, 1.165) is 47.7 Å². The quantitative estimate of drug-likeness (QED) is 0.610. The number of piperidine rings is 1. The maximum Gasteiger partial charge on any atom is 0.292 e. The summed E-state index contributed by atoms with van der Waals surface area (Å²) in [5.74, 6) is 0.979. The summed E-state index contributed by atoms with van der Waals surface area (Å²) in [6, 6.07) is 7.90. The van der Waals surface area contributed by atoms with Gasteiger partial charge < -0.3 is 18.9 Å². The van der Waals surface area contributed by atoms with Gasteiger partial charge >= 0.3 is 0 Å². The molecule has 3 aromatic rings. The summed E-state index contributed by atoms with van der Waals surface area (Å²) in [4.78, 5) is 21.7. The second-order valence-electron chi connectivity index (χ2n) is 7.95. The van der Waals surface area contributed by atoms with Crippen LogP contribution in [-0.4, -0.2) is 47.8 Å². The highest BCUT2D eigenvalue weighted by molar-refractivity contribution is 7.15. The van der Waals surface area contributed by atoms with E-state index in [-0.39, 0.29) is 11.5 Å². The fraction of sp³-hybridized carbons (Fsp3) is 0.435. The largest absolute Gasteiger partial charge is 0.495 e. The molecule has 5 heterocycles. The summed E-state index contributed by atoms with van der Waals surface area (Å²) in [6.45, 7) is 3.96. The Morgan fingerprint density at radius 3 is 2.81 bits per heavy atom. The molecule has 2 aliphatic heterocycles. The molecule has 1 fully saturated rings. The maximum absolute atomic E-state index is 12.8. The second-order valence-corrected chi connectivity index (χ2v) is 9.09. The second kappa shape index (κ2) is 8.09. The van der Waals surface area contributed by atoms with Crippen LogP contribution in [0, 0.1) is 0 Å². The molecule has 1 spiro atoms. The number of fused-ring (bicyclic) bond motifs is 2. The molecule has 0 N–H and O–H groups in total. The number of aromatic nitrogens is 2. The summed E-state index contributed by atoms with van der Waals surface area (Å²) >= 11 is 1.79. The van der Waals surface area contributed by atoms with Gasteiger partial charge in [0.25, 0.3) is 5.91 Å². The van der Waals surface area contributed by atoms with Crippen LogP contribution in [0.2, 0.25) is 0 Å². The molecule has 0 saturated carbocycles. The molecule has 1 amide bonds. The van der Waals surface area contributed by atoms with Crippen LogP contribution >= 0.6 is 11.3 Å². The van der Waals surface area contributed by atoms with Gasteiger partial charge in [-0.25, -0.2) is 0 Å². The van der Waals surface area contributed by atoms with Crippen LogP contribution in [0.25, 0.3) is 10.6 Å². The summed E-state index contributed by atoms with van der Waals surface area (Å²) in [7, 11) is 1.64. The Kier molecular flexibility index (Phi) is 5.27. The monoisotopic (exact) mass is 439 g/mol. The average Bonchev–Trinajstić information content (AvgIpc) is 3.47. The van der Waals surface area contributed by atoms with E-state index in [0.29, 0.717) is 25.5 Å². The predicted molar refractivity (Wildman–Crippen MR) is 116 cm³/mol. The lowest BCUT2D eigenvalue weighted by atomic mass is 9.82. The lowest BCUT2D eigenvalue weighted by Gasteiger charge is -2.43. The number of pyridine rings is 1. The van der Waals surface area contributed by atoms with Gasteiger partial charge in [0.1, 0.15) is 5.75 Å². The minimum atomic E-state index is -0.332. The van der Waals surface area contributed by atoms with Crippen LogP contribution in [0.15, 0.2) is 35.0 Å². The number of carbonyl (C=O) groups is 1. The van der Waals surface area contributed by atoms with E-state index in [9.17, 15) is 4.79 Å². The standard InChI is InChI=1S/C23H25N3O4S/c1-3-15-12-19(30-25-15)22(27)26-9-7-23(8-10-26)17-13-21(31-20(17)6-11-29-23)18-5-4-16(28-2)14-24-18/h4-5,12-14H,3,6-11H2,1-2H3. The summed E-state index contributed by atoms with van der Waals surface area (Å²) in [5.41, 5.74) is 2.67. The van der Waals surface area contributed by atoms with Crippen LogP contribution in [0.1, 0.15) is 46.5 Å².